The third-order valence-corrected chi connectivity index (χ3v) is 4.00. The van der Waals surface area contributed by atoms with Crippen LogP contribution in [-0.4, -0.2) is 11.6 Å². The molecule has 0 aromatic heterocycles. The lowest BCUT2D eigenvalue weighted by atomic mass is 10.0. The van der Waals surface area contributed by atoms with Crippen LogP contribution in [0.4, 0.5) is 0 Å². The first kappa shape index (κ1) is 21.1. The van der Waals surface area contributed by atoms with Crippen molar-refractivity contribution >= 4 is 0 Å². The van der Waals surface area contributed by atoms with Crippen LogP contribution in [0.3, 0.4) is 0 Å². The Morgan fingerprint density at radius 3 is 1.77 bits per heavy atom. The van der Waals surface area contributed by atoms with Gasteiger partial charge in [-0.15, -0.1) is 0 Å². The zero-order valence-electron chi connectivity index (χ0n) is 15.4. The van der Waals surface area contributed by atoms with Gasteiger partial charge in [0, 0.05) is 0 Å². The number of rotatable bonds is 14. The third-order valence-electron chi connectivity index (χ3n) is 4.00. The average molecular weight is 308 g/mol. The largest absolute Gasteiger partial charge is 0.196 e. The Balaban J connectivity index is 3.38. The Hall–Kier alpha value is -0.910. The normalized spacial score (nSPS) is 13.4. The van der Waals surface area contributed by atoms with E-state index in [1.54, 1.807) is 13.8 Å². The van der Waals surface area contributed by atoms with Gasteiger partial charge in [-0.3, -0.25) is 0 Å². The van der Waals surface area contributed by atoms with E-state index in [2.05, 4.69) is 30.1 Å². The Morgan fingerprint density at radius 2 is 1.32 bits per heavy atom. The summed E-state index contributed by atoms with van der Waals surface area (Å²) in [7, 11) is 0. The smallest absolute Gasteiger partial charge is 0.161 e. The van der Waals surface area contributed by atoms with E-state index < -0.39 is 5.54 Å². The number of unbranched alkanes of at least 4 members (excludes halogenated alkanes) is 10. The lowest BCUT2D eigenvalue weighted by Crippen LogP contribution is -2.12. The standard InChI is InChI=1S/C19H37N3/c1-5-6-7-8-9-10-11-12-13-14-15-16-18(2)21-22-19(3,4)17-20/h18H,5-16H2,1-4H3. The van der Waals surface area contributed by atoms with Gasteiger partial charge in [-0.05, 0) is 27.2 Å². The minimum Gasteiger partial charge on any atom is -0.196 e. The second-order valence-electron chi connectivity index (χ2n) is 7.06. The maximum atomic E-state index is 8.88. The summed E-state index contributed by atoms with van der Waals surface area (Å²) in [4.78, 5) is 0. The summed E-state index contributed by atoms with van der Waals surface area (Å²) in [6, 6.07) is 2.39. The van der Waals surface area contributed by atoms with Crippen molar-refractivity contribution in [1.82, 2.24) is 0 Å². The van der Waals surface area contributed by atoms with Crippen LogP contribution in [0.5, 0.6) is 0 Å². The molecule has 1 atom stereocenters. The van der Waals surface area contributed by atoms with Crippen LogP contribution in [0.2, 0.25) is 0 Å². The highest BCUT2D eigenvalue weighted by Crippen LogP contribution is 2.14. The van der Waals surface area contributed by atoms with Crippen molar-refractivity contribution in [2.24, 2.45) is 10.2 Å². The van der Waals surface area contributed by atoms with E-state index in [-0.39, 0.29) is 6.04 Å². The van der Waals surface area contributed by atoms with Gasteiger partial charge in [0.2, 0.25) is 0 Å². The molecule has 0 aliphatic carbocycles. The van der Waals surface area contributed by atoms with E-state index in [0.717, 1.165) is 6.42 Å². The summed E-state index contributed by atoms with van der Waals surface area (Å²) in [5, 5.41) is 17.2. The predicted molar refractivity (Wildman–Crippen MR) is 95.1 cm³/mol. The van der Waals surface area contributed by atoms with E-state index in [1.807, 2.05) is 0 Å². The van der Waals surface area contributed by atoms with Crippen molar-refractivity contribution in [2.75, 3.05) is 0 Å². The molecular weight excluding hydrogens is 270 g/mol. The number of nitriles is 1. The van der Waals surface area contributed by atoms with Gasteiger partial charge in [-0.25, -0.2) is 0 Å². The quantitative estimate of drug-likeness (QED) is 0.256. The number of nitrogens with zero attached hydrogens (tertiary/aromatic N) is 3. The molecule has 128 valence electrons. The van der Waals surface area contributed by atoms with Gasteiger partial charge in [-0.1, -0.05) is 77.6 Å². The second-order valence-corrected chi connectivity index (χ2v) is 7.06. The van der Waals surface area contributed by atoms with Crippen LogP contribution in [0.25, 0.3) is 0 Å². The lowest BCUT2D eigenvalue weighted by molar-refractivity contribution is 0.509. The number of hydrogen-bond donors (Lipinski definition) is 0. The van der Waals surface area contributed by atoms with Gasteiger partial charge in [0.25, 0.3) is 0 Å². The van der Waals surface area contributed by atoms with Gasteiger partial charge in [0.1, 0.15) is 0 Å². The molecule has 0 heterocycles. The fourth-order valence-corrected chi connectivity index (χ4v) is 2.43. The van der Waals surface area contributed by atoms with Crippen molar-refractivity contribution in [3.05, 3.63) is 0 Å². The third kappa shape index (κ3) is 14.0. The van der Waals surface area contributed by atoms with Crippen LogP contribution < -0.4 is 0 Å². The fourth-order valence-electron chi connectivity index (χ4n) is 2.43. The van der Waals surface area contributed by atoms with Gasteiger partial charge in [0.05, 0.1) is 12.1 Å². The first-order valence-electron chi connectivity index (χ1n) is 9.35. The van der Waals surface area contributed by atoms with E-state index >= 15 is 0 Å². The van der Waals surface area contributed by atoms with Gasteiger partial charge >= 0.3 is 0 Å². The molecule has 0 spiro atoms. The molecule has 0 bridgehead atoms. The summed E-state index contributed by atoms with van der Waals surface area (Å²) >= 11 is 0. The van der Waals surface area contributed by atoms with Gasteiger partial charge in [0.15, 0.2) is 5.54 Å². The van der Waals surface area contributed by atoms with Crippen LogP contribution in [0, 0.1) is 11.3 Å². The van der Waals surface area contributed by atoms with E-state index in [4.69, 9.17) is 5.26 Å². The Morgan fingerprint density at radius 1 is 0.864 bits per heavy atom. The van der Waals surface area contributed by atoms with Crippen LogP contribution in [0.15, 0.2) is 10.2 Å². The molecule has 0 N–H and O–H groups in total. The zero-order chi connectivity index (χ0) is 16.7. The highest BCUT2D eigenvalue weighted by Gasteiger charge is 2.14. The molecule has 0 rings (SSSR count). The van der Waals surface area contributed by atoms with E-state index in [1.165, 1.54) is 70.6 Å². The minimum absolute atomic E-state index is 0.242. The Kier molecular flexibility index (Phi) is 13.2. The summed E-state index contributed by atoms with van der Waals surface area (Å²) in [6.07, 6.45) is 16.2. The highest BCUT2D eigenvalue weighted by atomic mass is 15.2. The molecule has 0 aliphatic heterocycles. The molecule has 3 nitrogen and oxygen atoms in total. The van der Waals surface area contributed by atoms with Crippen LogP contribution in [0.1, 0.15) is 105 Å². The molecule has 0 saturated heterocycles. The summed E-state index contributed by atoms with van der Waals surface area (Å²) in [5.74, 6) is 0. The number of hydrogen-bond acceptors (Lipinski definition) is 3. The maximum Gasteiger partial charge on any atom is 0.161 e. The van der Waals surface area contributed by atoms with Crippen molar-refractivity contribution in [3.8, 4) is 6.07 Å². The second kappa shape index (κ2) is 13.7. The first-order chi connectivity index (χ1) is 10.5. The summed E-state index contributed by atoms with van der Waals surface area (Å²) in [5.41, 5.74) is -0.675. The molecule has 0 aliphatic rings. The Labute approximate surface area is 138 Å². The summed E-state index contributed by atoms with van der Waals surface area (Å²) in [6.45, 7) is 7.96. The maximum absolute atomic E-state index is 8.88. The van der Waals surface area contributed by atoms with E-state index in [9.17, 15) is 0 Å². The van der Waals surface area contributed by atoms with Crippen molar-refractivity contribution in [2.45, 2.75) is 116 Å². The Bertz CT molecular complexity index is 315. The molecule has 0 amide bonds. The summed E-state index contributed by atoms with van der Waals surface area (Å²) < 4.78 is 0. The fraction of sp³-hybridized carbons (Fsp3) is 0.947. The minimum atomic E-state index is -0.675. The van der Waals surface area contributed by atoms with Crippen LogP contribution in [-0.2, 0) is 0 Å². The topological polar surface area (TPSA) is 48.5 Å². The molecule has 0 aromatic carbocycles. The lowest BCUT2D eigenvalue weighted by Gasteiger charge is -2.09. The van der Waals surface area contributed by atoms with Crippen molar-refractivity contribution in [1.29, 1.82) is 5.26 Å². The molecule has 0 aromatic rings. The first-order valence-corrected chi connectivity index (χ1v) is 9.35. The molecule has 22 heavy (non-hydrogen) atoms. The number of azo groups is 1. The predicted octanol–water partition coefficient (Wildman–Crippen LogP) is 6.83. The average Bonchev–Trinajstić information content (AvgIpc) is 2.50. The highest BCUT2D eigenvalue weighted by molar-refractivity contribution is 4.99. The zero-order valence-corrected chi connectivity index (χ0v) is 15.4. The monoisotopic (exact) mass is 307 g/mol. The van der Waals surface area contributed by atoms with Crippen molar-refractivity contribution in [3.63, 3.8) is 0 Å². The van der Waals surface area contributed by atoms with E-state index in [0.29, 0.717) is 0 Å². The van der Waals surface area contributed by atoms with Crippen molar-refractivity contribution < 1.29 is 0 Å². The van der Waals surface area contributed by atoms with Crippen LogP contribution >= 0.6 is 0 Å². The van der Waals surface area contributed by atoms with Gasteiger partial charge in [-0.2, -0.15) is 15.5 Å². The molecular formula is C19H37N3. The molecule has 0 saturated carbocycles. The molecule has 0 fully saturated rings. The SMILES string of the molecule is CCCCCCCCCCCCCC(C)N=NC(C)(C)C#N. The van der Waals surface area contributed by atoms with Gasteiger partial charge < -0.3 is 0 Å². The molecule has 3 heteroatoms. The molecule has 0 radical (unpaired) electrons. The molecule has 1 unspecified atom stereocenters.